The molecule has 6 heteroatoms. The van der Waals surface area contributed by atoms with Crippen LogP contribution in [0.1, 0.15) is 12.5 Å². The van der Waals surface area contributed by atoms with Gasteiger partial charge in [-0.05, 0) is 25.0 Å². The summed E-state index contributed by atoms with van der Waals surface area (Å²) in [6.07, 6.45) is -6.40. The Labute approximate surface area is 110 Å². The summed E-state index contributed by atoms with van der Waals surface area (Å²) in [6, 6.07) is 7.13. The summed E-state index contributed by atoms with van der Waals surface area (Å²) < 4.78 is 41.6. The van der Waals surface area contributed by atoms with E-state index in [4.69, 9.17) is 9.84 Å². The molecule has 0 aliphatic carbocycles. The Balaban J connectivity index is 2.49. The summed E-state index contributed by atoms with van der Waals surface area (Å²) in [6.45, 7) is 1.25. The van der Waals surface area contributed by atoms with Crippen molar-refractivity contribution in [3.8, 4) is 5.75 Å². The van der Waals surface area contributed by atoms with Crippen molar-refractivity contribution in [1.82, 2.24) is 5.32 Å². The third kappa shape index (κ3) is 5.08. The van der Waals surface area contributed by atoms with Gasteiger partial charge in [0.1, 0.15) is 5.75 Å². The van der Waals surface area contributed by atoms with Crippen LogP contribution in [0.15, 0.2) is 24.3 Å². The first-order valence-electron chi connectivity index (χ1n) is 5.94. The van der Waals surface area contributed by atoms with Crippen molar-refractivity contribution in [2.24, 2.45) is 0 Å². The molecule has 19 heavy (non-hydrogen) atoms. The average Bonchev–Trinajstić information content (AvgIpc) is 2.35. The minimum atomic E-state index is -4.59. The van der Waals surface area contributed by atoms with Crippen molar-refractivity contribution >= 4 is 0 Å². The summed E-state index contributed by atoms with van der Waals surface area (Å²) >= 11 is 0. The van der Waals surface area contributed by atoms with Gasteiger partial charge in [0, 0.05) is 12.6 Å². The first-order valence-corrected chi connectivity index (χ1v) is 5.94. The maximum atomic E-state index is 12.1. The van der Waals surface area contributed by atoms with Crippen molar-refractivity contribution in [3.63, 3.8) is 0 Å². The Morgan fingerprint density at radius 3 is 2.53 bits per heavy atom. The topological polar surface area (TPSA) is 41.5 Å². The van der Waals surface area contributed by atoms with Gasteiger partial charge in [0.05, 0.1) is 7.11 Å². The fourth-order valence-corrected chi connectivity index (χ4v) is 1.70. The van der Waals surface area contributed by atoms with Gasteiger partial charge in [-0.2, -0.15) is 13.2 Å². The lowest BCUT2D eigenvalue weighted by atomic mass is 10.1. The second-order valence-electron chi connectivity index (χ2n) is 4.38. The van der Waals surface area contributed by atoms with Gasteiger partial charge in [-0.3, -0.25) is 0 Å². The van der Waals surface area contributed by atoms with Gasteiger partial charge in [-0.25, -0.2) is 0 Å². The van der Waals surface area contributed by atoms with E-state index in [-0.39, 0.29) is 6.04 Å². The average molecular weight is 277 g/mol. The zero-order valence-electron chi connectivity index (χ0n) is 10.9. The Kier molecular flexibility index (Phi) is 5.62. The molecule has 108 valence electrons. The van der Waals surface area contributed by atoms with Crippen LogP contribution in [0.5, 0.6) is 5.75 Å². The minimum absolute atomic E-state index is 0.201. The van der Waals surface area contributed by atoms with E-state index in [1.54, 1.807) is 20.1 Å². The zero-order valence-corrected chi connectivity index (χ0v) is 10.9. The Morgan fingerprint density at radius 1 is 1.32 bits per heavy atom. The Morgan fingerprint density at radius 2 is 1.95 bits per heavy atom. The van der Waals surface area contributed by atoms with Crippen LogP contribution >= 0.6 is 0 Å². The number of methoxy groups -OCH3 is 1. The molecule has 0 fully saturated rings. The quantitative estimate of drug-likeness (QED) is 0.837. The summed E-state index contributed by atoms with van der Waals surface area (Å²) in [5.41, 5.74) is 0.909. The molecule has 0 aliphatic heterocycles. The van der Waals surface area contributed by atoms with Crippen LogP contribution in [-0.4, -0.2) is 37.1 Å². The van der Waals surface area contributed by atoms with E-state index in [9.17, 15) is 13.2 Å². The largest absolute Gasteiger partial charge is 0.496 e. The molecule has 0 aliphatic rings. The second-order valence-corrected chi connectivity index (χ2v) is 4.38. The highest BCUT2D eigenvalue weighted by atomic mass is 19.4. The van der Waals surface area contributed by atoms with E-state index in [0.717, 1.165) is 5.56 Å². The molecular weight excluding hydrogens is 259 g/mol. The zero-order chi connectivity index (χ0) is 14.5. The maximum absolute atomic E-state index is 12.1. The molecule has 2 N–H and O–H groups in total. The highest BCUT2D eigenvalue weighted by molar-refractivity contribution is 5.33. The highest BCUT2D eigenvalue weighted by Gasteiger charge is 2.37. The molecular formula is C13H18F3NO2. The van der Waals surface area contributed by atoms with E-state index in [1.165, 1.54) is 0 Å². The van der Waals surface area contributed by atoms with Crippen molar-refractivity contribution in [3.05, 3.63) is 29.8 Å². The Hall–Kier alpha value is -1.27. The predicted octanol–water partition coefficient (Wildman–Crippen LogP) is 2.14. The van der Waals surface area contributed by atoms with E-state index in [0.29, 0.717) is 12.2 Å². The fraction of sp³-hybridized carbons (Fsp3) is 0.538. The molecule has 0 spiro atoms. The highest BCUT2D eigenvalue weighted by Crippen LogP contribution is 2.20. The lowest BCUT2D eigenvalue weighted by Gasteiger charge is -2.19. The first kappa shape index (κ1) is 15.8. The van der Waals surface area contributed by atoms with Gasteiger partial charge in [0.25, 0.3) is 0 Å². The summed E-state index contributed by atoms with van der Waals surface area (Å²) in [7, 11) is 1.55. The number of hydrogen-bond donors (Lipinski definition) is 2. The number of nitrogens with one attached hydrogen (secondary N) is 1. The normalized spacial score (nSPS) is 15.1. The molecule has 0 amide bonds. The van der Waals surface area contributed by atoms with Crippen LogP contribution in [-0.2, 0) is 6.42 Å². The number of aliphatic hydroxyl groups is 1. The number of halogens is 3. The number of benzene rings is 1. The number of hydrogen-bond acceptors (Lipinski definition) is 3. The lowest BCUT2D eigenvalue weighted by molar-refractivity contribution is -0.202. The fourth-order valence-electron chi connectivity index (χ4n) is 1.70. The number of aliphatic hydroxyl groups excluding tert-OH is 1. The van der Waals surface area contributed by atoms with E-state index < -0.39 is 18.8 Å². The molecule has 0 radical (unpaired) electrons. The number of ether oxygens (including phenoxy) is 1. The molecule has 1 aromatic carbocycles. The van der Waals surface area contributed by atoms with Crippen LogP contribution in [0, 0.1) is 0 Å². The second kappa shape index (κ2) is 6.77. The standard InChI is InChI=1S/C13H18F3NO2/c1-9(17-8-12(18)13(14,15)16)7-10-5-3-4-6-11(10)19-2/h3-6,9,12,17-18H,7-8H2,1-2H3. The molecule has 3 nitrogen and oxygen atoms in total. The van der Waals surface area contributed by atoms with Crippen LogP contribution in [0.2, 0.25) is 0 Å². The van der Waals surface area contributed by atoms with Gasteiger partial charge < -0.3 is 15.2 Å². The van der Waals surface area contributed by atoms with Crippen molar-refractivity contribution in [2.75, 3.05) is 13.7 Å². The molecule has 0 saturated carbocycles. The minimum Gasteiger partial charge on any atom is -0.496 e. The number of alkyl halides is 3. The van der Waals surface area contributed by atoms with E-state index in [2.05, 4.69) is 5.32 Å². The first-order chi connectivity index (χ1) is 8.84. The van der Waals surface area contributed by atoms with Gasteiger partial charge in [0.15, 0.2) is 6.10 Å². The molecule has 0 saturated heterocycles. The number of para-hydroxylation sites is 1. The predicted molar refractivity (Wildman–Crippen MR) is 66.2 cm³/mol. The maximum Gasteiger partial charge on any atom is 0.415 e. The third-order valence-electron chi connectivity index (χ3n) is 2.76. The van der Waals surface area contributed by atoms with Gasteiger partial charge in [-0.1, -0.05) is 18.2 Å². The summed E-state index contributed by atoms with van der Waals surface area (Å²) in [5.74, 6) is 0.701. The van der Waals surface area contributed by atoms with E-state index >= 15 is 0 Å². The van der Waals surface area contributed by atoms with Crippen LogP contribution < -0.4 is 10.1 Å². The summed E-state index contributed by atoms with van der Waals surface area (Å²) in [4.78, 5) is 0. The van der Waals surface area contributed by atoms with Gasteiger partial charge in [-0.15, -0.1) is 0 Å². The van der Waals surface area contributed by atoms with Gasteiger partial charge >= 0.3 is 6.18 Å². The molecule has 0 bridgehead atoms. The van der Waals surface area contributed by atoms with Crippen LogP contribution in [0.4, 0.5) is 13.2 Å². The molecule has 0 heterocycles. The van der Waals surface area contributed by atoms with Crippen LogP contribution in [0.3, 0.4) is 0 Å². The third-order valence-corrected chi connectivity index (χ3v) is 2.76. The van der Waals surface area contributed by atoms with Gasteiger partial charge in [0.2, 0.25) is 0 Å². The summed E-state index contributed by atoms with van der Waals surface area (Å²) in [5, 5.41) is 11.6. The van der Waals surface area contributed by atoms with Crippen molar-refractivity contribution < 1.29 is 23.0 Å². The number of rotatable bonds is 6. The monoisotopic (exact) mass is 277 g/mol. The molecule has 1 rings (SSSR count). The molecule has 0 aromatic heterocycles. The molecule has 2 atom stereocenters. The van der Waals surface area contributed by atoms with Crippen molar-refractivity contribution in [1.29, 1.82) is 0 Å². The van der Waals surface area contributed by atoms with E-state index in [1.807, 2.05) is 18.2 Å². The Bertz CT molecular complexity index is 396. The SMILES string of the molecule is COc1ccccc1CC(C)NCC(O)C(F)(F)F. The van der Waals surface area contributed by atoms with Crippen LogP contribution in [0.25, 0.3) is 0 Å². The molecule has 2 unspecified atom stereocenters. The molecule has 1 aromatic rings. The lowest BCUT2D eigenvalue weighted by Crippen LogP contribution is -2.42. The van der Waals surface area contributed by atoms with Crippen molar-refractivity contribution in [2.45, 2.75) is 31.7 Å². The smallest absolute Gasteiger partial charge is 0.415 e.